The van der Waals surface area contributed by atoms with Crippen LogP contribution >= 0.6 is 0 Å². The highest BCUT2D eigenvalue weighted by atomic mass is 32.2. The van der Waals surface area contributed by atoms with Crippen LogP contribution in [0, 0.1) is 6.92 Å². The Balaban J connectivity index is 1.76. The number of hydrogen-bond donors (Lipinski definition) is 1. The summed E-state index contributed by atoms with van der Waals surface area (Å²) in [5, 5.41) is 14.3. The van der Waals surface area contributed by atoms with Crippen molar-refractivity contribution < 1.29 is 23.1 Å². The molecule has 0 fully saturated rings. The van der Waals surface area contributed by atoms with E-state index in [1.165, 1.54) is 36.0 Å². The fourth-order valence-corrected chi connectivity index (χ4v) is 4.60. The van der Waals surface area contributed by atoms with E-state index in [9.17, 15) is 18.3 Å². The molecule has 10 nitrogen and oxygen atoms in total. The molecule has 4 rings (SSSR count). The van der Waals surface area contributed by atoms with Crippen LogP contribution < -0.4 is 9.04 Å². The molecule has 164 valence electrons. The zero-order valence-electron chi connectivity index (χ0n) is 17.4. The molecule has 0 saturated heterocycles. The molecule has 0 saturated carbocycles. The third-order valence-electron chi connectivity index (χ3n) is 4.91. The van der Waals surface area contributed by atoms with Gasteiger partial charge in [0.2, 0.25) is 0 Å². The SMILES string of the molecule is Cc1nn(C)c2ncc(C(=O)O)c(N(C)S(=O)(=O)c3ccc(Oc4ccncc4)cc3)c12. The lowest BCUT2D eigenvalue weighted by molar-refractivity contribution is 0.0697. The molecule has 3 heterocycles. The minimum absolute atomic E-state index is 0.00483. The third-order valence-corrected chi connectivity index (χ3v) is 6.68. The predicted octanol–water partition coefficient (Wildman–Crippen LogP) is 2.99. The predicted molar refractivity (Wildman–Crippen MR) is 117 cm³/mol. The van der Waals surface area contributed by atoms with Crippen LogP contribution in [0.15, 0.2) is 59.9 Å². The molecule has 1 N–H and O–H groups in total. The van der Waals surface area contributed by atoms with Crippen LogP contribution in [0.1, 0.15) is 16.1 Å². The van der Waals surface area contributed by atoms with Crippen molar-refractivity contribution >= 4 is 32.7 Å². The molecule has 11 heteroatoms. The molecule has 0 atom stereocenters. The van der Waals surface area contributed by atoms with Crippen LogP contribution in [0.25, 0.3) is 11.0 Å². The van der Waals surface area contributed by atoms with Crippen molar-refractivity contribution in [2.24, 2.45) is 7.05 Å². The molecule has 3 aromatic heterocycles. The molecule has 32 heavy (non-hydrogen) atoms. The Bertz CT molecular complexity index is 1420. The second-order valence-corrected chi connectivity index (χ2v) is 8.93. The first-order valence-electron chi connectivity index (χ1n) is 9.42. The largest absolute Gasteiger partial charge is 0.478 e. The van der Waals surface area contributed by atoms with Crippen molar-refractivity contribution in [2.45, 2.75) is 11.8 Å². The van der Waals surface area contributed by atoms with E-state index in [4.69, 9.17) is 4.74 Å². The van der Waals surface area contributed by atoms with Crippen LogP contribution in [0.2, 0.25) is 0 Å². The first-order chi connectivity index (χ1) is 15.2. The number of fused-ring (bicyclic) bond motifs is 1. The van der Waals surface area contributed by atoms with E-state index in [2.05, 4.69) is 15.1 Å². The number of aryl methyl sites for hydroxylation is 2. The van der Waals surface area contributed by atoms with Crippen molar-refractivity contribution in [3.05, 3.63) is 66.2 Å². The lowest BCUT2D eigenvalue weighted by atomic mass is 10.1. The Morgan fingerprint density at radius 1 is 1.09 bits per heavy atom. The standard InChI is InChI=1S/C21H19N5O5S/c1-13-18-19(17(21(27)28)12-23-20(18)25(2)24-13)26(3)32(29,30)16-6-4-14(5-7-16)31-15-8-10-22-11-9-15/h4-12H,1-3H3,(H,27,28). The Kier molecular flexibility index (Phi) is 5.26. The zero-order chi connectivity index (χ0) is 23.0. The van der Waals surface area contributed by atoms with Gasteiger partial charge in [0.15, 0.2) is 5.65 Å². The van der Waals surface area contributed by atoms with E-state index in [1.807, 2.05) is 0 Å². The van der Waals surface area contributed by atoms with Gasteiger partial charge in [-0.3, -0.25) is 14.0 Å². The van der Waals surface area contributed by atoms with E-state index in [0.29, 0.717) is 28.2 Å². The van der Waals surface area contributed by atoms with Gasteiger partial charge in [-0.15, -0.1) is 0 Å². The number of aromatic carboxylic acids is 1. The fourth-order valence-electron chi connectivity index (χ4n) is 3.38. The van der Waals surface area contributed by atoms with E-state index in [0.717, 1.165) is 10.5 Å². The summed E-state index contributed by atoms with van der Waals surface area (Å²) in [4.78, 5) is 19.9. The second kappa shape index (κ2) is 7.93. The molecule has 0 bridgehead atoms. The average molecular weight is 453 g/mol. The minimum atomic E-state index is -4.10. The van der Waals surface area contributed by atoms with Crippen LogP contribution in [0.3, 0.4) is 0 Å². The quantitative estimate of drug-likeness (QED) is 0.472. The number of aromatic nitrogens is 4. The summed E-state index contributed by atoms with van der Waals surface area (Å²) >= 11 is 0. The van der Waals surface area contributed by atoms with Crippen molar-refractivity contribution in [1.82, 2.24) is 19.7 Å². The maximum atomic E-state index is 13.4. The van der Waals surface area contributed by atoms with Gasteiger partial charge >= 0.3 is 5.97 Å². The molecule has 0 radical (unpaired) electrons. The van der Waals surface area contributed by atoms with Crippen LogP contribution in [-0.4, -0.2) is 46.3 Å². The number of carboxylic acids is 1. The summed E-state index contributed by atoms with van der Waals surface area (Å²) in [5.41, 5.74) is 0.615. The summed E-state index contributed by atoms with van der Waals surface area (Å²) in [6.45, 7) is 1.67. The fraction of sp³-hybridized carbons (Fsp3) is 0.143. The van der Waals surface area contributed by atoms with Crippen molar-refractivity contribution in [1.29, 1.82) is 0 Å². The topological polar surface area (TPSA) is 128 Å². The number of carbonyl (C=O) groups is 1. The van der Waals surface area contributed by atoms with Crippen molar-refractivity contribution in [2.75, 3.05) is 11.4 Å². The van der Waals surface area contributed by atoms with E-state index in [1.54, 1.807) is 38.5 Å². The van der Waals surface area contributed by atoms with Crippen LogP contribution in [0.4, 0.5) is 5.69 Å². The maximum absolute atomic E-state index is 13.4. The molecule has 4 aromatic rings. The number of rotatable bonds is 6. The summed E-state index contributed by atoms with van der Waals surface area (Å²) in [7, 11) is -1.13. The van der Waals surface area contributed by atoms with Crippen molar-refractivity contribution in [3.63, 3.8) is 0 Å². The maximum Gasteiger partial charge on any atom is 0.339 e. The molecular weight excluding hydrogens is 434 g/mol. The molecule has 0 amide bonds. The number of carboxylic acid groups (broad SMARTS) is 1. The van der Waals surface area contributed by atoms with Gasteiger partial charge in [-0.05, 0) is 43.3 Å². The van der Waals surface area contributed by atoms with Crippen LogP contribution in [-0.2, 0) is 17.1 Å². The van der Waals surface area contributed by atoms with E-state index in [-0.39, 0.29) is 16.1 Å². The minimum Gasteiger partial charge on any atom is -0.478 e. The molecular formula is C21H19N5O5S. The van der Waals surface area contributed by atoms with Gasteiger partial charge in [-0.2, -0.15) is 5.10 Å². The lowest BCUT2D eigenvalue weighted by Crippen LogP contribution is -2.28. The Hall–Kier alpha value is -3.99. The van der Waals surface area contributed by atoms with Gasteiger partial charge in [-0.25, -0.2) is 18.2 Å². The van der Waals surface area contributed by atoms with Gasteiger partial charge in [0.05, 0.1) is 21.7 Å². The average Bonchev–Trinajstić information content (AvgIpc) is 3.07. The number of benzene rings is 1. The number of hydrogen-bond acceptors (Lipinski definition) is 7. The molecule has 0 aliphatic carbocycles. The first-order valence-corrected chi connectivity index (χ1v) is 10.9. The summed E-state index contributed by atoms with van der Waals surface area (Å²) < 4.78 is 34.9. The van der Waals surface area contributed by atoms with Crippen molar-refractivity contribution in [3.8, 4) is 11.5 Å². The Morgan fingerprint density at radius 2 is 1.72 bits per heavy atom. The zero-order valence-corrected chi connectivity index (χ0v) is 18.2. The normalized spacial score (nSPS) is 11.5. The molecule has 0 aliphatic rings. The van der Waals surface area contributed by atoms with Gasteiger partial charge in [0.25, 0.3) is 10.0 Å². The Labute approximate surface area is 183 Å². The van der Waals surface area contributed by atoms with Crippen LogP contribution in [0.5, 0.6) is 11.5 Å². The van der Waals surface area contributed by atoms with E-state index < -0.39 is 16.0 Å². The number of anilines is 1. The molecule has 0 spiro atoms. The van der Waals surface area contributed by atoms with E-state index >= 15 is 0 Å². The van der Waals surface area contributed by atoms with Gasteiger partial charge in [-0.1, -0.05) is 0 Å². The second-order valence-electron chi connectivity index (χ2n) is 6.96. The number of nitrogens with zero attached hydrogens (tertiary/aromatic N) is 5. The third kappa shape index (κ3) is 3.62. The summed E-state index contributed by atoms with van der Waals surface area (Å²) in [6, 6.07) is 9.20. The lowest BCUT2D eigenvalue weighted by Gasteiger charge is -2.22. The first kappa shape index (κ1) is 21.2. The smallest absolute Gasteiger partial charge is 0.339 e. The summed E-state index contributed by atoms with van der Waals surface area (Å²) in [6.07, 6.45) is 4.30. The number of ether oxygens (including phenoxy) is 1. The van der Waals surface area contributed by atoms with Gasteiger partial charge in [0, 0.05) is 32.7 Å². The number of pyridine rings is 2. The summed E-state index contributed by atoms with van der Waals surface area (Å²) in [5.74, 6) is -0.288. The monoisotopic (exact) mass is 453 g/mol. The van der Waals surface area contributed by atoms with Gasteiger partial charge < -0.3 is 9.84 Å². The molecule has 0 aliphatic heterocycles. The highest BCUT2D eigenvalue weighted by molar-refractivity contribution is 7.92. The molecule has 1 aromatic carbocycles. The highest BCUT2D eigenvalue weighted by Gasteiger charge is 2.29. The highest BCUT2D eigenvalue weighted by Crippen LogP contribution is 2.34. The Morgan fingerprint density at radius 3 is 2.34 bits per heavy atom. The van der Waals surface area contributed by atoms with Gasteiger partial charge in [0.1, 0.15) is 17.1 Å². The molecule has 0 unspecified atom stereocenters. The number of sulfonamides is 1.